The zero-order valence-corrected chi connectivity index (χ0v) is 11.6. The van der Waals surface area contributed by atoms with Gasteiger partial charge in [-0.05, 0) is 58.2 Å². The van der Waals surface area contributed by atoms with Crippen LogP contribution in [0.4, 0.5) is 0 Å². The van der Waals surface area contributed by atoms with E-state index in [-0.39, 0.29) is 0 Å². The molecule has 1 saturated heterocycles. The minimum Gasteiger partial charge on any atom is -0.301 e. The first kappa shape index (κ1) is 13.3. The van der Waals surface area contributed by atoms with Crippen LogP contribution in [0.1, 0.15) is 42.9 Å². The number of carbonyl (C=O) groups is 1. The van der Waals surface area contributed by atoms with Gasteiger partial charge < -0.3 is 4.90 Å². The van der Waals surface area contributed by atoms with Crippen molar-refractivity contribution in [1.29, 1.82) is 0 Å². The summed E-state index contributed by atoms with van der Waals surface area (Å²) in [5.74, 6) is 0.717. The Morgan fingerprint density at radius 2 is 2.11 bits per heavy atom. The standard InChI is InChI=1S/C14H23N3O/c1-11(2)17-6-4-12(5-7-17)8-13-9-14(10-18)16(3)15-13/h9-12H,4-8H2,1-3H3. The fourth-order valence-corrected chi connectivity index (χ4v) is 2.72. The van der Waals surface area contributed by atoms with Gasteiger partial charge in [-0.3, -0.25) is 9.48 Å². The summed E-state index contributed by atoms with van der Waals surface area (Å²) in [6.07, 6.45) is 4.36. The van der Waals surface area contributed by atoms with E-state index in [1.807, 2.05) is 13.1 Å². The van der Waals surface area contributed by atoms with E-state index in [0.29, 0.717) is 11.7 Å². The van der Waals surface area contributed by atoms with Crippen LogP contribution in [-0.2, 0) is 13.5 Å². The highest BCUT2D eigenvalue weighted by Gasteiger charge is 2.21. The molecule has 1 fully saturated rings. The Balaban J connectivity index is 1.89. The molecule has 0 bridgehead atoms. The molecule has 0 spiro atoms. The second kappa shape index (κ2) is 5.65. The predicted molar refractivity (Wildman–Crippen MR) is 71.7 cm³/mol. The van der Waals surface area contributed by atoms with Crippen molar-refractivity contribution in [2.75, 3.05) is 13.1 Å². The third kappa shape index (κ3) is 2.99. The minimum atomic E-state index is 0.655. The van der Waals surface area contributed by atoms with Crippen LogP contribution in [0, 0.1) is 5.92 Å². The SMILES string of the molecule is CC(C)N1CCC(Cc2cc(C=O)n(C)n2)CC1. The lowest BCUT2D eigenvalue weighted by Gasteiger charge is -2.34. The third-order valence-electron chi connectivity index (χ3n) is 3.96. The van der Waals surface area contributed by atoms with E-state index >= 15 is 0 Å². The zero-order valence-electron chi connectivity index (χ0n) is 11.6. The lowest BCUT2D eigenvalue weighted by molar-refractivity contribution is 0.111. The van der Waals surface area contributed by atoms with Gasteiger partial charge in [0.15, 0.2) is 6.29 Å². The van der Waals surface area contributed by atoms with E-state index in [4.69, 9.17) is 0 Å². The van der Waals surface area contributed by atoms with E-state index in [2.05, 4.69) is 23.8 Å². The van der Waals surface area contributed by atoms with Crippen LogP contribution < -0.4 is 0 Å². The summed E-state index contributed by atoms with van der Waals surface area (Å²) >= 11 is 0. The molecule has 0 atom stereocenters. The number of aryl methyl sites for hydroxylation is 1. The van der Waals surface area contributed by atoms with Crippen LogP contribution in [-0.4, -0.2) is 40.1 Å². The van der Waals surface area contributed by atoms with Crippen molar-refractivity contribution in [2.24, 2.45) is 13.0 Å². The molecule has 4 nitrogen and oxygen atoms in total. The van der Waals surface area contributed by atoms with Gasteiger partial charge in [0.05, 0.1) is 5.69 Å². The van der Waals surface area contributed by atoms with Crippen LogP contribution >= 0.6 is 0 Å². The lowest BCUT2D eigenvalue weighted by Crippen LogP contribution is -2.38. The van der Waals surface area contributed by atoms with Gasteiger partial charge in [0.2, 0.25) is 0 Å². The number of piperidine rings is 1. The Bertz CT molecular complexity index is 403. The quantitative estimate of drug-likeness (QED) is 0.765. The number of hydrogen-bond acceptors (Lipinski definition) is 3. The molecule has 0 radical (unpaired) electrons. The summed E-state index contributed by atoms with van der Waals surface area (Å²) in [5.41, 5.74) is 1.73. The van der Waals surface area contributed by atoms with E-state index < -0.39 is 0 Å². The number of rotatable bonds is 4. The number of nitrogens with zero attached hydrogens (tertiary/aromatic N) is 3. The summed E-state index contributed by atoms with van der Waals surface area (Å²) < 4.78 is 1.67. The van der Waals surface area contributed by atoms with Gasteiger partial charge in [-0.15, -0.1) is 0 Å². The second-order valence-electron chi connectivity index (χ2n) is 5.58. The molecule has 0 saturated carbocycles. The highest BCUT2D eigenvalue weighted by molar-refractivity contribution is 5.72. The van der Waals surface area contributed by atoms with Crippen LogP contribution in [0.5, 0.6) is 0 Å². The maximum absolute atomic E-state index is 10.8. The lowest BCUT2D eigenvalue weighted by atomic mass is 9.91. The summed E-state index contributed by atoms with van der Waals surface area (Å²) in [6.45, 7) is 6.90. The van der Waals surface area contributed by atoms with Crippen LogP contribution in [0.15, 0.2) is 6.07 Å². The van der Waals surface area contributed by atoms with Gasteiger partial charge >= 0.3 is 0 Å². The molecule has 18 heavy (non-hydrogen) atoms. The Morgan fingerprint density at radius 1 is 1.44 bits per heavy atom. The van der Waals surface area contributed by atoms with E-state index in [1.54, 1.807) is 4.68 Å². The summed E-state index contributed by atoms with van der Waals surface area (Å²) in [4.78, 5) is 13.3. The summed E-state index contributed by atoms with van der Waals surface area (Å²) in [6, 6.07) is 2.57. The molecule has 1 aliphatic heterocycles. The maximum Gasteiger partial charge on any atom is 0.168 e. The smallest absolute Gasteiger partial charge is 0.168 e. The Morgan fingerprint density at radius 3 is 2.61 bits per heavy atom. The third-order valence-corrected chi connectivity index (χ3v) is 3.96. The monoisotopic (exact) mass is 249 g/mol. The van der Waals surface area contributed by atoms with E-state index in [0.717, 1.165) is 24.3 Å². The molecule has 0 aromatic carbocycles. The van der Waals surface area contributed by atoms with Crippen molar-refractivity contribution in [2.45, 2.75) is 39.2 Å². The fourth-order valence-electron chi connectivity index (χ4n) is 2.72. The van der Waals surface area contributed by atoms with Gasteiger partial charge in [0.1, 0.15) is 5.69 Å². The molecular weight excluding hydrogens is 226 g/mol. The highest BCUT2D eigenvalue weighted by Crippen LogP contribution is 2.22. The molecule has 4 heteroatoms. The van der Waals surface area contributed by atoms with Gasteiger partial charge in [0, 0.05) is 13.1 Å². The van der Waals surface area contributed by atoms with Crippen molar-refractivity contribution in [3.05, 3.63) is 17.5 Å². The fraction of sp³-hybridized carbons (Fsp3) is 0.714. The van der Waals surface area contributed by atoms with Gasteiger partial charge in [-0.25, -0.2) is 0 Å². The molecule has 100 valence electrons. The first-order chi connectivity index (χ1) is 8.60. The molecular formula is C14H23N3O. The molecule has 0 N–H and O–H groups in total. The molecule has 0 unspecified atom stereocenters. The topological polar surface area (TPSA) is 38.1 Å². The van der Waals surface area contributed by atoms with Crippen molar-refractivity contribution >= 4 is 6.29 Å². The van der Waals surface area contributed by atoms with Crippen molar-refractivity contribution in [3.8, 4) is 0 Å². The molecule has 0 aliphatic carbocycles. The molecule has 2 rings (SSSR count). The van der Waals surface area contributed by atoms with E-state index in [1.165, 1.54) is 25.9 Å². The molecule has 1 aromatic rings. The van der Waals surface area contributed by atoms with Gasteiger partial charge in [0.25, 0.3) is 0 Å². The Kier molecular flexibility index (Phi) is 4.17. The number of likely N-dealkylation sites (tertiary alicyclic amines) is 1. The molecule has 1 aliphatic rings. The average Bonchev–Trinajstić information content (AvgIpc) is 2.70. The van der Waals surface area contributed by atoms with Crippen LogP contribution in [0.25, 0.3) is 0 Å². The first-order valence-electron chi connectivity index (χ1n) is 6.82. The second-order valence-corrected chi connectivity index (χ2v) is 5.58. The number of hydrogen-bond donors (Lipinski definition) is 0. The van der Waals surface area contributed by atoms with Crippen molar-refractivity contribution in [1.82, 2.24) is 14.7 Å². The normalized spacial score (nSPS) is 18.4. The highest BCUT2D eigenvalue weighted by atomic mass is 16.1. The predicted octanol–water partition coefficient (Wildman–Crippen LogP) is 1.90. The number of aromatic nitrogens is 2. The summed E-state index contributed by atoms with van der Waals surface area (Å²) in [5, 5.41) is 4.40. The van der Waals surface area contributed by atoms with Crippen LogP contribution in [0.3, 0.4) is 0 Å². The number of aldehydes is 1. The van der Waals surface area contributed by atoms with Gasteiger partial charge in [-0.1, -0.05) is 0 Å². The first-order valence-corrected chi connectivity index (χ1v) is 6.82. The zero-order chi connectivity index (χ0) is 13.1. The molecule has 0 amide bonds. The summed E-state index contributed by atoms with van der Waals surface area (Å²) in [7, 11) is 1.83. The van der Waals surface area contributed by atoms with Crippen molar-refractivity contribution < 1.29 is 4.79 Å². The van der Waals surface area contributed by atoms with Crippen molar-refractivity contribution in [3.63, 3.8) is 0 Å². The van der Waals surface area contributed by atoms with E-state index in [9.17, 15) is 4.79 Å². The molecule has 2 heterocycles. The van der Waals surface area contributed by atoms with Gasteiger partial charge in [-0.2, -0.15) is 5.10 Å². The Hall–Kier alpha value is -1.16. The number of carbonyl (C=O) groups excluding carboxylic acids is 1. The Labute approximate surface area is 109 Å². The molecule has 1 aromatic heterocycles. The van der Waals surface area contributed by atoms with Crippen LogP contribution in [0.2, 0.25) is 0 Å². The minimum absolute atomic E-state index is 0.655. The largest absolute Gasteiger partial charge is 0.301 e. The maximum atomic E-state index is 10.8. The average molecular weight is 249 g/mol.